The fourth-order valence-corrected chi connectivity index (χ4v) is 5.62. The van der Waals surface area contributed by atoms with E-state index in [2.05, 4.69) is 24.3 Å². The molecule has 0 fully saturated rings. The van der Waals surface area contributed by atoms with Gasteiger partial charge in [-0.15, -0.1) is 11.3 Å². The van der Waals surface area contributed by atoms with Crippen molar-refractivity contribution in [1.82, 2.24) is 0 Å². The summed E-state index contributed by atoms with van der Waals surface area (Å²) in [5.41, 5.74) is 0. The number of benzene rings is 4. The number of fused-ring (bicyclic) bond motifs is 7. The molecule has 5 aromatic rings. The highest BCUT2D eigenvalue weighted by molar-refractivity contribution is 7.89. The SMILES string of the molecule is NS(=O)(=O)c1cc2sc3ccc4ccccc4c3c2c2ccccc12. The maximum absolute atomic E-state index is 12.1. The Morgan fingerprint density at radius 1 is 0.720 bits per heavy atom. The fourth-order valence-electron chi connectivity index (χ4n) is 3.60. The zero-order chi connectivity index (χ0) is 17.2. The standard InChI is InChI=1S/C20H13NO2S2/c21-25(22,23)18-11-17-20(15-8-4-3-7-14(15)18)19-13-6-2-1-5-12(13)9-10-16(19)24-17/h1-11H,(H2,21,22,23). The Labute approximate surface area is 148 Å². The van der Waals surface area contributed by atoms with E-state index in [9.17, 15) is 8.42 Å². The average molecular weight is 363 g/mol. The van der Waals surface area contributed by atoms with Gasteiger partial charge in [-0.3, -0.25) is 0 Å². The van der Waals surface area contributed by atoms with Crippen LogP contribution in [0.2, 0.25) is 0 Å². The van der Waals surface area contributed by atoms with Crippen LogP contribution >= 0.6 is 11.3 Å². The average Bonchev–Trinajstić information content (AvgIpc) is 2.99. The minimum atomic E-state index is -3.79. The minimum absolute atomic E-state index is 0.187. The highest BCUT2D eigenvalue weighted by Crippen LogP contribution is 2.43. The summed E-state index contributed by atoms with van der Waals surface area (Å²) in [4.78, 5) is 0.187. The zero-order valence-corrected chi connectivity index (χ0v) is 14.7. The van der Waals surface area contributed by atoms with Crippen LogP contribution in [0.1, 0.15) is 0 Å². The zero-order valence-electron chi connectivity index (χ0n) is 13.1. The van der Waals surface area contributed by atoms with Crippen LogP contribution in [-0.4, -0.2) is 8.42 Å². The largest absolute Gasteiger partial charge is 0.238 e. The molecule has 5 rings (SSSR count). The van der Waals surface area contributed by atoms with Gasteiger partial charge < -0.3 is 0 Å². The Hall–Kier alpha value is -2.47. The number of hydrogen-bond donors (Lipinski definition) is 1. The second-order valence-corrected chi connectivity index (χ2v) is 8.71. The second kappa shape index (κ2) is 5.02. The molecule has 1 aromatic heterocycles. The summed E-state index contributed by atoms with van der Waals surface area (Å²) >= 11 is 1.60. The topological polar surface area (TPSA) is 60.2 Å². The summed E-state index contributed by atoms with van der Waals surface area (Å²) in [5, 5.41) is 11.7. The van der Waals surface area contributed by atoms with Gasteiger partial charge in [-0.2, -0.15) is 0 Å². The van der Waals surface area contributed by atoms with Crippen LogP contribution in [0.25, 0.3) is 41.7 Å². The number of hydrogen-bond acceptors (Lipinski definition) is 3. The molecule has 0 aliphatic heterocycles. The van der Waals surface area contributed by atoms with Gasteiger partial charge in [0.1, 0.15) is 0 Å². The molecule has 4 aromatic carbocycles. The van der Waals surface area contributed by atoms with E-state index in [0.717, 1.165) is 20.2 Å². The molecule has 0 aliphatic rings. The number of primary sulfonamides is 1. The van der Waals surface area contributed by atoms with E-state index < -0.39 is 10.0 Å². The van der Waals surface area contributed by atoms with E-state index in [1.807, 2.05) is 36.4 Å². The van der Waals surface area contributed by atoms with Crippen molar-refractivity contribution in [3.05, 3.63) is 66.7 Å². The third kappa shape index (κ3) is 2.10. The summed E-state index contributed by atoms with van der Waals surface area (Å²) in [6, 6.07) is 21.8. The molecular formula is C20H13NO2S2. The first-order valence-electron chi connectivity index (χ1n) is 7.82. The van der Waals surface area contributed by atoms with E-state index in [1.54, 1.807) is 17.4 Å². The molecule has 3 nitrogen and oxygen atoms in total. The van der Waals surface area contributed by atoms with Crippen LogP contribution in [0.4, 0.5) is 0 Å². The first-order chi connectivity index (χ1) is 12.0. The molecule has 1 heterocycles. The van der Waals surface area contributed by atoms with E-state index >= 15 is 0 Å². The van der Waals surface area contributed by atoms with Crippen molar-refractivity contribution in [2.45, 2.75) is 4.90 Å². The highest BCUT2D eigenvalue weighted by Gasteiger charge is 2.18. The summed E-state index contributed by atoms with van der Waals surface area (Å²) in [5.74, 6) is 0. The fraction of sp³-hybridized carbons (Fsp3) is 0. The molecule has 0 atom stereocenters. The number of sulfonamides is 1. The molecule has 2 N–H and O–H groups in total. The number of nitrogens with two attached hydrogens (primary N) is 1. The van der Waals surface area contributed by atoms with E-state index in [-0.39, 0.29) is 4.90 Å². The third-order valence-corrected chi connectivity index (χ3v) is 6.69. The lowest BCUT2D eigenvalue weighted by Gasteiger charge is -2.07. The molecule has 0 spiro atoms. The molecule has 0 saturated heterocycles. The van der Waals surface area contributed by atoms with Crippen molar-refractivity contribution in [2.75, 3.05) is 0 Å². The van der Waals surface area contributed by atoms with Gasteiger partial charge in [0.15, 0.2) is 0 Å². The second-order valence-electron chi connectivity index (χ2n) is 6.10. The van der Waals surface area contributed by atoms with Gasteiger partial charge in [-0.05, 0) is 28.3 Å². The molecule has 0 aliphatic carbocycles. The maximum atomic E-state index is 12.1. The Morgan fingerprint density at radius 3 is 2.12 bits per heavy atom. The lowest BCUT2D eigenvalue weighted by Crippen LogP contribution is -2.12. The molecule has 0 amide bonds. The van der Waals surface area contributed by atoms with E-state index in [4.69, 9.17) is 5.14 Å². The Kier molecular flexibility index (Phi) is 2.98. The van der Waals surface area contributed by atoms with Crippen LogP contribution in [0.3, 0.4) is 0 Å². The lowest BCUT2D eigenvalue weighted by atomic mass is 10.00. The molecule has 0 saturated carbocycles. The first kappa shape index (κ1) is 14.8. The normalized spacial score (nSPS) is 12.5. The predicted octanol–water partition coefficient (Wildman–Crippen LogP) is 5.01. The molecular weight excluding hydrogens is 350 g/mol. The summed E-state index contributed by atoms with van der Waals surface area (Å²) < 4.78 is 26.3. The molecule has 0 unspecified atom stereocenters. The van der Waals surface area contributed by atoms with Gasteiger partial charge in [0, 0.05) is 25.6 Å². The van der Waals surface area contributed by atoms with Crippen LogP contribution < -0.4 is 5.14 Å². The predicted molar refractivity (Wildman–Crippen MR) is 106 cm³/mol. The van der Waals surface area contributed by atoms with Crippen LogP contribution in [-0.2, 0) is 10.0 Å². The Morgan fingerprint density at radius 2 is 1.36 bits per heavy atom. The van der Waals surface area contributed by atoms with E-state index in [1.165, 1.54) is 16.2 Å². The van der Waals surface area contributed by atoms with Gasteiger partial charge in [-0.1, -0.05) is 54.6 Å². The molecule has 5 heteroatoms. The Bertz CT molecular complexity index is 1420. The molecule has 122 valence electrons. The van der Waals surface area contributed by atoms with Crippen LogP contribution in [0.5, 0.6) is 0 Å². The maximum Gasteiger partial charge on any atom is 0.238 e. The minimum Gasteiger partial charge on any atom is -0.225 e. The van der Waals surface area contributed by atoms with Crippen molar-refractivity contribution in [2.24, 2.45) is 5.14 Å². The van der Waals surface area contributed by atoms with Crippen LogP contribution in [0, 0.1) is 0 Å². The monoisotopic (exact) mass is 363 g/mol. The first-order valence-corrected chi connectivity index (χ1v) is 10.2. The Balaban J connectivity index is 2.14. The van der Waals surface area contributed by atoms with Gasteiger partial charge in [0.2, 0.25) is 10.0 Å². The van der Waals surface area contributed by atoms with Gasteiger partial charge in [-0.25, -0.2) is 13.6 Å². The third-order valence-electron chi connectivity index (χ3n) is 4.64. The lowest BCUT2D eigenvalue weighted by molar-refractivity contribution is 0.599. The highest BCUT2D eigenvalue weighted by atomic mass is 32.2. The van der Waals surface area contributed by atoms with Gasteiger partial charge in [0.05, 0.1) is 4.90 Å². The summed E-state index contributed by atoms with van der Waals surface area (Å²) in [6.07, 6.45) is 0. The van der Waals surface area contributed by atoms with Crippen molar-refractivity contribution in [1.29, 1.82) is 0 Å². The van der Waals surface area contributed by atoms with Gasteiger partial charge in [0.25, 0.3) is 0 Å². The quantitative estimate of drug-likeness (QED) is 0.455. The van der Waals surface area contributed by atoms with Crippen molar-refractivity contribution in [3.8, 4) is 0 Å². The number of rotatable bonds is 1. The molecule has 25 heavy (non-hydrogen) atoms. The van der Waals surface area contributed by atoms with Crippen molar-refractivity contribution < 1.29 is 8.42 Å². The van der Waals surface area contributed by atoms with Gasteiger partial charge >= 0.3 is 0 Å². The van der Waals surface area contributed by atoms with Crippen molar-refractivity contribution in [3.63, 3.8) is 0 Å². The smallest absolute Gasteiger partial charge is 0.225 e. The summed E-state index contributed by atoms with van der Waals surface area (Å²) in [6.45, 7) is 0. The van der Waals surface area contributed by atoms with Crippen molar-refractivity contribution >= 4 is 63.1 Å². The van der Waals surface area contributed by atoms with E-state index in [0.29, 0.717) is 5.39 Å². The number of thiophene rings is 1. The van der Waals surface area contributed by atoms with Crippen LogP contribution in [0.15, 0.2) is 71.6 Å². The molecule has 0 radical (unpaired) electrons. The molecule has 0 bridgehead atoms. The summed E-state index contributed by atoms with van der Waals surface area (Å²) in [7, 11) is -3.79.